The van der Waals surface area contributed by atoms with Gasteiger partial charge in [0.25, 0.3) is 0 Å². The molecule has 0 fully saturated rings. The fraction of sp³-hybridized carbons (Fsp3) is 0.500. The van der Waals surface area contributed by atoms with E-state index in [2.05, 4.69) is 0 Å². The second-order valence-corrected chi connectivity index (χ2v) is 4.77. The van der Waals surface area contributed by atoms with Gasteiger partial charge in [-0.3, -0.25) is 4.79 Å². The highest BCUT2D eigenvalue weighted by Crippen LogP contribution is 2.32. The minimum Gasteiger partial charge on any atom is -0.508 e. The standard InChI is InChI=1S/C14H18O3/c1-9(14(16)17-2)10-3-4-12-8-13(15)6-5-11(12)7-10/h5-6,8-10,15H,3-4,7H2,1-2H3. The molecule has 2 rings (SSSR count). The van der Waals surface area contributed by atoms with Crippen molar-refractivity contribution in [3.8, 4) is 5.75 Å². The maximum absolute atomic E-state index is 11.5. The molecule has 0 aromatic heterocycles. The summed E-state index contributed by atoms with van der Waals surface area (Å²) in [6.45, 7) is 1.93. The summed E-state index contributed by atoms with van der Waals surface area (Å²) >= 11 is 0. The molecule has 1 aromatic carbocycles. The van der Waals surface area contributed by atoms with Crippen molar-refractivity contribution in [1.82, 2.24) is 0 Å². The number of phenols is 1. The van der Waals surface area contributed by atoms with E-state index >= 15 is 0 Å². The highest BCUT2D eigenvalue weighted by molar-refractivity contribution is 5.72. The number of carbonyl (C=O) groups excluding carboxylic acids is 1. The number of hydrogen-bond acceptors (Lipinski definition) is 3. The Morgan fingerprint density at radius 3 is 2.94 bits per heavy atom. The molecule has 1 aliphatic rings. The van der Waals surface area contributed by atoms with Crippen LogP contribution in [-0.2, 0) is 22.4 Å². The minimum atomic E-state index is -0.128. The molecule has 0 saturated carbocycles. The van der Waals surface area contributed by atoms with Crippen molar-refractivity contribution >= 4 is 5.97 Å². The summed E-state index contributed by atoms with van der Waals surface area (Å²) < 4.78 is 4.79. The Bertz CT molecular complexity index is 425. The van der Waals surface area contributed by atoms with Crippen LogP contribution in [0.15, 0.2) is 18.2 Å². The van der Waals surface area contributed by atoms with Crippen molar-refractivity contribution in [3.63, 3.8) is 0 Å². The quantitative estimate of drug-likeness (QED) is 0.799. The lowest BCUT2D eigenvalue weighted by atomic mass is 9.77. The first-order valence-electron chi connectivity index (χ1n) is 6.00. The Kier molecular flexibility index (Phi) is 3.36. The molecule has 0 heterocycles. The van der Waals surface area contributed by atoms with Crippen LogP contribution in [0, 0.1) is 11.8 Å². The highest BCUT2D eigenvalue weighted by Gasteiger charge is 2.28. The van der Waals surface area contributed by atoms with E-state index < -0.39 is 0 Å². The SMILES string of the molecule is COC(=O)C(C)C1CCc2cc(O)ccc2C1. The monoisotopic (exact) mass is 234 g/mol. The number of aromatic hydroxyl groups is 1. The molecule has 1 N–H and O–H groups in total. The van der Waals surface area contributed by atoms with E-state index in [9.17, 15) is 9.90 Å². The number of aryl methyl sites for hydroxylation is 1. The predicted molar refractivity (Wildman–Crippen MR) is 64.8 cm³/mol. The number of fused-ring (bicyclic) bond motifs is 1. The number of rotatable bonds is 2. The summed E-state index contributed by atoms with van der Waals surface area (Å²) in [6, 6.07) is 5.50. The van der Waals surface area contributed by atoms with Gasteiger partial charge in [0.2, 0.25) is 0 Å². The van der Waals surface area contributed by atoms with Crippen LogP contribution in [0.25, 0.3) is 0 Å². The van der Waals surface area contributed by atoms with Gasteiger partial charge >= 0.3 is 5.97 Å². The van der Waals surface area contributed by atoms with E-state index in [1.807, 2.05) is 19.1 Å². The van der Waals surface area contributed by atoms with Crippen LogP contribution in [0.1, 0.15) is 24.5 Å². The summed E-state index contributed by atoms with van der Waals surface area (Å²) in [7, 11) is 1.44. The highest BCUT2D eigenvalue weighted by atomic mass is 16.5. The van der Waals surface area contributed by atoms with E-state index in [0.29, 0.717) is 11.7 Å². The molecule has 2 unspecified atom stereocenters. The average molecular weight is 234 g/mol. The smallest absolute Gasteiger partial charge is 0.308 e. The normalized spacial score (nSPS) is 20.5. The van der Waals surface area contributed by atoms with Crippen molar-refractivity contribution < 1.29 is 14.6 Å². The number of esters is 1. The Hall–Kier alpha value is -1.51. The van der Waals surface area contributed by atoms with E-state index in [0.717, 1.165) is 19.3 Å². The molecule has 2 atom stereocenters. The lowest BCUT2D eigenvalue weighted by Gasteiger charge is -2.28. The molecular formula is C14H18O3. The van der Waals surface area contributed by atoms with E-state index in [1.165, 1.54) is 18.2 Å². The van der Waals surface area contributed by atoms with Crippen molar-refractivity contribution in [1.29, 1.82) is 0 Å². The van der Waals surface area contributed by atoms with Crippen molar-refractivity contribution in [2.45, 2.75) is 26.2 Å². The van der Waals surface area contributed by atoms with Crippen molar-refractivity contribution in [2.75, 3.05) is 7.11 Å². The zero-order valence-corrected chi connectivity index (χ0v) is 10.3. The van der Waals surface area contributed by atoms with E-state index in [-0.39, 0.29) is 11.9 Å². The van der Waals surface area contributed by atoms with Gasteiger partial charge in [0.1, 0.15) is 5.75 Å². The molecule has 3 heteroatoms. The molecule has 0 bridgehead atoms. The summed E-state index contributed by atoms with van der Waals surface area (Å²) in [5.74, 6) is 0.488. The second kappa shape index (κ2) is 4.78. The summed E-state index contributed by atoms with van der Waals surface area (Å²) in [5, 5.41) is 9.42. The van der Waals surface area contributed by atoms with Crippen LogP contribution in [0.3, 0.4) is 0 Å². The number of methoxy groups -OCH3 is 1. The molecule has 0 saturated heterocycles. The number of hydrogen-bond donors (Lipinski definition) is 1. The van der Waals surface area contributed by atoms with Gasteiger partial charge in [-0.05, 0) is 48.4 Å². The maximum atomic E-state index is 11.5. The molecular weight excluding hydrogens is 216 g/mol. The summed E-state index contributed by atoms with van der Waals surface area (Å²) in [5.41, 5.74) is 2.45. The van der Waals surface area contributed by atoms with Crippen LogP contribution in [0.5, 0.6) is 5.75 Å². The molecule has 17 heavy (non-hydrogen) atoms. The molecule has 0 amide bonds. The zero-order chi connectivity index (χ0) is 12.4. The molecule has 3 nitrogen and oxygen atoms in total. The van der Waals surface area contributed by atoms with Gasteiger partial charge in [0, 0.05) is 0 Å². The molecule has 0 radical (unpaired) electrons. The Morgan fingerprint density at radius 2 is 2.24 bits per heavy atom. The van der Waals surface area contributed by atoms with Gasteiger partial charge in [-0.2, -0.15) is 0 Å². The predicted octanol–water partition coefficient (Wildman–Crippen LogP) is 2.31. The first kappa shape index (κ1) is 12.0. The fourth-order valence-corrected chi connectivity index (χ4v) is 2.57. The number of phenolic OH excluding ortho intramolecular Hbond substituents is 1. The summed E-state index contributed by atoms with van der Waals surface area (Å²) in [4.78, 5) is 11.5. The van der Waals surface area contributed by atoms with Gasteiger partial charge in [-0.25, -0.2) is 0 Å². The number of carbonyl (C=O) groups is 1. The van der Waals surface area contributed by atoms with E-state index in [1.54, 1.807) is 6.07 Å². The van der Waals surface area contributed by atoms with Gasteiger partial charge < -0.3 is 9.84 Å². The minimum absolute atomic E-state index is 0.0537. The maximum Gasteiger partial charge on any atom is 0.308 e. The van der Waals surface area contributed by atoms with Crippen molar-refractivity contribution in [3.05, 3.63) is 29.3 Å². The van der Waals surface area contributed by atoms with Crippen LogP contribution in [-0.4, -0.2) is 18.2 Å². The lowest BCUT2D eigenvalue weighted by molar-refractivity contribution is -0.146. The van der Waals surface area contributed by atoms with Gasteiger partial charge in [-0.1, -0.05) is 13.0 Å². The van der Waals surface area contributed by atoms with Crippen LogP contribution in [0.2, 0.25) is 0 Å². The number of benzene rings is 1. The lowest BCUT2D eigenvalue weighted by Crippen LogP contribution is -2.27. The Balaban J connectivity index is 2.13. The molecule has 0 aliphatic heterocycles. The Labute approximate surface area is 101 Å². The number of ether oxygens (including phenoxy) is 1. The third-order valence-electron chi connectivity index (χ3n) is 3.74. The second-order valence-electron chi connectivity index (χ2n) is 4.77. The summed E-state index contributed by atoms with van der Waals surface area (Å²) in [6.07, 6.45) is 2.80. The van der Waals surface area contributed by atoms with Gasteiger partial charge in [0.15, 0.2) is 0 Å². The van der Waals surface area contributed by atoms with Crippen LogP contribution >= 0.6 is 0 Å². The van der Waals surface area contributed by atoms with Crippen LogP contribution in [0.4, 0.5) is 0 Å². The first-order valence-corrected chi connectivity index (χ1v) is 6.00. The van der Waals surface area contributed by atoms with Crippen molar-refractivity contribution in [2.24, 2.45) is 11.8 Å². The zero-order valence-electron chi connectivity index (χ0n) is 10.3. The first-order chi connectivity index (χ1) is 8.11. The average Bonchev–Trinajstić information content (AvgIpc) is 2.36. The van der Waals surface area contributed by atoms with E-state index in [4.69, 9.17) is 4.74 Å². The third kappa shape index (κ3) is 2.43. The van der Waals surface area contributed by atoms with Crippen LogP contribution < -0.4 is 0 Å². The molecule has 92 valence electrons. The topological polar surface area (TPSA) is 46.5 Å². The molecule has 1 aliphatic carbocycles. The van der Waals surface area contributed by atoms with Gasteiger partial charge in [0.05, 0.1) is 13.0 Å². The van der Waals surface area contributed by atoms with Gasteiger partial charge in [-0.15, -0.1) is 0 Å². The molecule has 0 spiro atoms. The fourth-order valence-electron chi connectivity index (χ4n) is 2.57. The largest absolute Gasteiger partial charge is 0.508 e. The molecule has 1 aromatic rings. The Morgan fingerprint density at radius 1 is 1.47 bits per heavy atom. The third-order valence-corrected chi connectivity index (χ3v) is 3.74.